The highest BCUT2D eigenvalue weighted by molar-refractivity contribution is 7.98. The zero-order chi connectivity index (χ0) is 9.26. The van der Waals surface area contributed by atoms with Gasteiger partial charge in [-0.25, -0.2) is 4.98 Å². The first-order valence-electron chi connectivity index (χ1n) is 4.21. The monoisotopic (exact) mass is 189 g/mol. The lowest BCUT2D eigenvalue weighted by Crippen LogP contribution is -1.82. The summed E-state index contributed by atoms with van der Waals surface area (Å²) in [6.07, 6.45) is 2.04. The summed E-state index contributed by atoms with van der Waals surface area (Å²) in [5, 5.41) is 2.30. The van der Waals surface area contributed by atoms with E-state index in [1.54, 1.807) is 11.8 Å². The van der Waals surface area contributed by atoms with E-state index in [1.807, 2.05) is 6.26 Å². The van der Waals surface area contributed by atoms with Gasteiger partial charge in [-0.1, -0.05) is 17.7 Å². The molecule has 0 N–H and O–H groups in total. The molecule has 1 aromatic heterocycles. The van der Waals surface area contributed by atoms with Gasteiger partial charge in [-0.3, -0.25) is 0 Å². The fourth-order valence-electron chi connectivity index (χ4n) is 1.34. The van der Waals surface area contributed by atoms with Gasteiger partial charge < -0.3 is 0 Å². The number of nitrogens with zero attached hydrogens (tertiary/aromatic N) is 1. The molecule has 2 aromatic rings. The van der Waals surface area contributed by atoms with Crippen LogP contribution < -0.4 is 0 Å². The molecule has 66 valence electrons. The zero-order valence-corrected chi connectivity index (χ0v) is 8.56. The van der Waals surface area contributed by atoms with Gasteiger partial charge in [0, 0.05) is 5.39 Å². The molecule has 2 rings (SSSR count). The molecular weight excluding hydrogens is 178 g/mol. The molecule has 0 aliphatic heterocycles. The van der Waals surface area contributed by atoms with Crippen LogP contribution >= 0.6 is 11.8 Å². The minimum absolute atomic E-state index is 1.08. The molecule has 0 amide bonds. The number of aromatic nitrogens is 1. The number of aryl methyl sites for hydroxylation is 1. The number of fused-ring (bicyclic) bond motifs is 1. The van der Waals surface area contributed by atoms with E-state index in [2.05, 4.69) is 42.2 Å². The van der Waals surface area contributed by atoms with Crippen molar-refractivity contribution in [3.63, 3.8) is 0 Å². The Kier molecular flexibility index (Phi) is 2.23. The number of benzene rings is 1. The quantitative estimate of drug-likeness (QED) is 0.639. The van der Waals surface area contributed by atoms with Gasteiger partial charge in [-0.2, -0.15) is 0 Å². The van der Waals surface area contributed by atoms with Gasteiger partial charge >= 0.3 is 0 Å². The van der Waals surface area contributed by atoms with Gasteiger partial charge in [0.2, 0.25) is 0 Å². The summed E-state index contributed by atoms with van der Waals surface area (Å²) in [5.74, 6) is 0. The third-order valence-electron chi connectivity index (χ3n) is 2.03. The van der Waals surface area contributed by atoms with Crippen molar-refractivity contribution in [2.45, 2.75) is 11.9 Å². The summed E-state index contributed by atoms with van der Waals surface area (Å²) >= 11 is 1.68. The molecule has 13 heavy (non-hydrogen) atoms. The van der Waals surface area contributed by atoms with Crippen LogP contribution in [0, 0.1) is 6.92 Å². The molecule has 2 heteroatoms. The summed E-state index contributed by atoms with van der Waals surface area (Å²) in [6.45, 7) is 2.10. The van der Waals surface area contributed by atoms with Crippen LogP contribution in [0.4, 0.5) is 0 Å². The zero-order valence-electron chi connectivity index (χ0n) is 7.74. The fraction of sp³-hybridized carbons (Fsp3) is 0.182. The van der Waals surface area contributed by atoms with Crippen molar-refractivity contribution in [2.75, 3.05) is 6.26 Å². The first kappa shape index (κ1) is 8.57. The number of pyridine rings is 1. The van der Waals surface area contributed by atoms with Gasteiger partial charge in [0.05, 0.1) is 10.5 Å². The Labute approximate surface area is 82.2 Å². The lowest BCUT2D eigenvalue weighted by molar-refractivity contribution is 1.19. The average Bonchev–Trinajstić information content (AvgIpc) is 2.17. The Morgan fingerprint density at radius 1 is 1.15 bits per heavy atom. The van der Waals surface area contributed by atoms with E-state index >= 15 is 0 Å². The summed E-state index contributed by atoms with van der Waals surface area (Å²) in [7, 11) is 0. The molecule has 0 aliphatic rings. The second kappa shape index (κ2) is 3.38. The van der Waals surface area contributed by atoms with Gasteiger partial charge in [-0.05, 0) is 31.4 Å². The highest BCUT2D eigenvalue weighted by atomic mass is 32.2. The molecule has 0 saturated carbocycles. The second-order valence-corrected chi connectivity index (χ2v) is 3.88. The lowest BCUT2D eigenvalue weighted by Gasteiger charge is -2.00. The number of hydrogen-bond donors (Lipinski definition) is 0. The fourth-order valence-corrected chi connectivity index (χ4v) is 1.73. The molecule has 0 radical (unpaired) electrons. The number of rotatable bonds is 1. The highest BCUT2D eigenvalue weighted by Crippen LogP contribution is 2.18. The first-order chi connectivity index (χ1) is 6.29. The highest BCUT2D eigenvalue weighted by Gasteiger charge is 1.96. The molecule has 0 unspecified atom stereocenters. The molecular formula is C11H11NS. The van der Waals surface area contributed by atoms with Crippen LogP contribution in [-0.4, -0.2) is 11.2 Å². The largest absolute Gasteiger partial charge is 0.242 e. The normalized spacial score (nSPS) is 10.6. The molecule has 0 fully saturated rings. The van der Waals surface area contributed by atoms with Gasteiger partial charge in [0.1, 0.15) is 0 Å². The molecule has 0 bridgehead atoms. The topological polar surface area (TPSA) is 12.9 Å². The van der Waals surface area contributed by atoms with E-state index < -0.39 is 0 Å². The molecule has 1 heterocycles. The Hall–Kier alpha value is -1.02. The number of thioether (sulfide) groups is 1. The minimum Gasteiger partial charge on any atom is -0.242 e. The smallest absolute Gasteiger partial charge is 0.0964 e. The molecule has 1 aromatic carbocycles. The maximum Gasteiger partial charge on any atom is 0.0964 e. The van der Waals surface area contributed by atoms with Crippen LogP contribution in [0.3, 0.4) is 0 Å². The lowest BCUT2D eigenvalue weighted by atomic mass is 10.1. The second-order valence-electron chi connectivity index (χ2n) is 3.05. The van der Waals surface area contributed by atoms with E-state index in [-0.39, 0.29) is 0 Å². The van der Waals surface area contributed by atoms with Gasteiger partial charge in [-0.15, -0.1) is 11.8 Å². The minimum atomic E-state index is 1.08. The Morgan fingerprint density at radius 3 is 2.77 bits per heavy atom. The number of hydrogen-bond acceptors (Lipinski definition) is 2. The van der Waals surface area contributed by atoms with Crippen LogP contribution in [-0.2, 0) is 0 Å². The van der Waals surface area contributed by atoms with Crippen molar-refractivity contribution in [1.29, 1.82) is 0 Å². The Morgan fingerprint density at radius 2 is 2.00 bits per heavy atom. The molecule has 0 saturated heterocycles. The standard InChI is InChI=1S/C11H11NS/c1-8-3-5-10-9(7-8)4-6-11(12-10)13-2/h3-7H,1-2H3. The van der Waals surface area contributed by atoms with Gasteiger partial charge in [0.15, 0.2) is 0 Å². The van der Waals surface area contributed by atoms with Crippen LogP contribution in [0.5, 0.6) is 0 Å². The summed E-state index contributed by atoms with van der Waals surface area (Å²) in [6, 6.07) is 10.5. The summed E-state index contributed by atoms with van der Waals surface area (Å²) in [5.41, 5.74) is 2.36. The third kappa shape index (κ3) is 1.68. The molecule has 0 atom stereocenters. The van der Waals surface area contributed by atoms with Crippen molar-refractivity contribution in [3.8, 4) is 0 Å². The average molecular weight is 189 g/mol. The molecule has 0 spiro atoms. The van der Waals surface area contributed by atoms with Crippen LogP contribution in [0.2, 0.25) is 0 Å². The SMILES string of the molecule is CSc1ccc2cc(C)ccc2n1. The van der Waals surface area contributed by atoms with Crippen LogP contribution in [0.25, 0.3) is 10.9 Å². The van der Waals surface area contributed by atoms with Crippen LogP contribution in [0.15, 0.2) is 35.4 Å². The molecule has 1 nitrogen and oxygen atoms in total. The summed E-state index contributed by atoms with van der Waals surface area (Å²) < 4.78 is 0. The van der Waals surface area contributed by atoms with E-state index in [1.165, 1.54) is 10.9 Å². The van der Waals surface area contributed by atoms with E-state index in [9.17, 15) is 0 Å². The van der Waals surface area contributed by atoms with Crippen molar-refractivity contribution >= 4 is 22.7 Å². The first-order valence-corrected chi connectivity index (χ1v) is 5.43. The van der Waals surface area contributed by atoms with Gasteiger partial charge in [0.25, 0.3) is 0 Å². The Bertz CT molecular complexity index is 437. The van der Waals surface area contributed by atoms with Crippen molar-refractivity contribution in [1.82, 2.24) is 4.98 Å². The van der Waals surface area contributed by atoms with Crippen LogP contribution in [0.1, 0.15) is 5.56 Å². The van der Waals surface area contributed by atoms with Crippen molar-refractivity contribution in [2.24, 2.45) is 0 Å². The molecule has 0 aliphatic carbocycles. The maximum atomic E-state index is 4.50. The maximum absolute atomic E-state index is 4.50. The Balaban J connectivity index is 2.66. The van der Waals surface area contributed by atoms with E-state index in [0.717, 1.165) is 10.5 Å². The van der Waals surface area contributed by atoms with Crippen molar-refractivity contribution in [3.05, 3.63) is 35.9 Å². The van der Waals surface area contributed by atoms with Crippen molar-refractivity contribution < 1.29 is 0 Å². The predicted octanol–water partition coefficient (Wildman–Crippen LogP) is 3.27. The predicted molar refractivity (Wildman–Crippen MR) is 58.3 cm³/mol. The third-order valence-corrected chi connectivity index (χ3v) is 2.67. The summed E-state index contributed by atoms with van der Waals surface area (Å²) in [4.78, 5) is 4.50. The van der Waals surface area contributed by atoms with E-state index in [4.69, 9.17) is 0 Å². The van der Waals surface area contributed by atoms with E-state index in [0.29, 0.717) is 0 Å².